The van der Waals surface area contributed by atoms with Gasteiger partial charge in [-0.2, -0.15) is 0 Å². The van der Waals surface area contributed by atoms with Crippen LogP contribution in [0.4, 0.5) is 0 Å². The number of hydrogen-bond donors (Lipinski definition) is 0. The Balaban J connectivity index is 1.35. The van der Waals surface area contributed by atoms with Gasteiger partial charge < -0.3 is 18.8 Å². The maximum absolute atomic E-state index is 12.5. The van der Waals surface area contributed by atoms with Crippen molar-refractivity contribution in [2.75, 3.05) is 19.7 Å². The molecule has 0 saturated carbocycles. The molecule has 4 heterocycles. The van der Waals surface area contributed by atoms with Crippen LogP contribution in [0, 0.1) is 0 Å². The van der Waals surface area contributed by atoms with E-state index >= 15 is 0 Å². The molecule has 2 saturated heterocycles. The Labute approximate surface area is 146 Å². The molecule has 1 spiro atoms. The first-order valence-corrected chi connectivity index (χ1v) is 8.56. The molecule has 2 aromatic rings. The second-order valence-electron chi connectivity index (χ2n) is 6.70. The molecule has 7 nitrogen and oxygen atoms in total. The van der Waals surface area contributed by atoms with E-state index in [-0.39, 0.29) is 17.6 Å². The summed E-state index contributed by atoms with van der Waals surface area (Å²) in [6.07, 6.45) is 8.93. The second-order valence-corrected chi connectivity index (χ2v) is 6.70. The van der Waals surface area contributed by atoms with Gasteiger partial charge in [0.15, 0.2) is 12.1 Å². The van der Waals surface area contributed by atoms with Gasteiger partial charge in [-0.3, -0.25) is 9.78 Å². The zero-order chi connectivity index (χ0) is 17.1. The van der Waals surface area contributed by atoms with Crippen molar-refractivity contribution in [3.05, 3.63) is 48.4 Å². The van der Waals surface area contributed by atoms with E-state index in [2.05, 4.69) is 9.97 Å². The molecular formula is C18H21N3O4. The Morgan fingerprint density at radius 2 is 2.44 bits per heavy atom. The largest absolute Gasteiger partial charge is 0.451 e. The van der Waals surface area contributed by atoms with Crippen LogP contribution in [0.5, 0.6) is 0 Å². The normalized spacial score (nSPS) is 26.2. The van der Waals surface area contributed by atoms with Gasteiger partial charge in [-0.1, -0.05) is 6.07 Å². The van der Waals surface area contributed by atoms with Crippen molar-refractivity contribution in [1.82, 2.24) is 14.9 Å². The number of piperidine rings is 1. The molecule has 4 rings (SSSR count). The highest BCUT2D eigenvalue weighted by Crippen LogP contribution is 2.36. The lowest BCUT2D eigenvalue weighted by Crippen LogP contribution is -2.50. The molecule has 0 aromatic carbocycles. The third-order valence-electron chi connectivity index (χ3n) is 4.86. The second kappa shape index (κ2) is 6.93. The lowest BCUT2D eigenvalue weighted by Gasteiger charge is -2.39. The zero-order valence-corrected chi connectivity index (χ0v) is 14.0. The van der Waals surface area contributed by atoms with E-state index in [1.54, 1.807) is 6.20 Å². The molecule has 7 heteroatoms. The van der Waals surface area contributed by atoms with Crippen molar-refractivity contribution in [2.24, 2.45) is 0 Å². The minimum atomic E-state index is -0.308. The first-order valence-electron chi connectivity index (χ1n) is 8.56. The third kappa shape index (κ3) is 3.57. The van der Waals surface area contributed by atoms with E-state index in [4.69, 9.17) is 13.9 Å². The molecule has 2 atom stereocenters. The van der Waals surface area contributed by atoms with Gasteiger partial charge in [-0.05, 0) is 24.5 Å². The van der Waals surface area contributed by atoms with Crippen molar-refractivity contribution < 1.29 is 18.7 Å². The standard InChI is InChI=1S/C18H21N3O4/c22-17(16-11-23-13-20-16)21-6-2-4-18(12-21)7-15(10-25-18)24-9-14-3-1-5-19-8-14/h1,3,5,8,11,13,15H,2,4,6-7,9-10,12H2/t15-,18+/m1/s1. The van der Waals surface area contributed by atoms with Gasteiger partial charge in [0.05, 0.1) is 31.5 Å². The summed E-state index contributed by atoms with van der Waals surface area (Å²) in [4.78, 5) is 22.4. The fraction of sp³-hybridized carbons (Fsp3) is 0.500. The Morgan fingerprint density at radius 1 is 1.48 bits per heavy atom. The first kappa shape index (κ1) is 16.2. The van der Waals surface area contributed by atoms with Gasteiger partial charge in [0.25, 0.3) is 5.91 Å². The van der Waals surface area contributed by atoms with Crippen molar-refractivity contribution in [3.63, 3.8) is 0 Å². The number of hydrogen-bond acceptors (Lipinski definition) is 6. The molecule has 0 aliphatic carbocycles. The molecule has 1 amide bonds. The highest BCUT2D eigenvalue weighted by Gasteiger charge is 2.45. The van der Waals surface area contributed by atoms with Crippen molar-refractivity contribution >= 4 is 5.91 Å². The van der Waals surface area contributed by atoms with E-state index < -0.39 is 0 Å². The smallest absolute Gasteiger partial charge is 0.275 e. The predicted octanol–water partition coefficient (Wildman–Crippen LogP) is 2.05. The maximum Gasteiger partial charge on any atom is 0.275 e. The summed E-state index contributed by atoms with van der Waals surface area (Å²) in [6.45, 7) is 2.38. The summed E-state index contributed by atoms with van der Waals surface area (Å²) in [5, 5.41) is 0. The van der Waals surface area contributed by atoms with Crippen LogP contribution in [-0.2, 0) is 16.1 Å². The van der Waals surface area contributed by atoms with E-state index in [0.29, 0.717) is 25.5 Å². The molecule has 132 valence electrons. The van der Waals surface area contributed by atoms with Crippen LogP contribution in [0.25, 0.3) is 0 Å². The van der Waals surface area contributed by atoms with Gasteiger partial charge in [-0.25, -0.2) is 4.98 Å². The summed E-state index contributed by atoms with van der Waals surface area (Å²) in [6, 6.07) is 3.90. The molecule has 2 aliphatic rings. The van der Waals surface area contributed by atoms with Crippen molar-refractivity contribution in [1.29, 1.82) is 0 Å². The van der Waals surface area contributed by atoms with Crippen LogP contribution in [0.3, 0.4) is 0 Å². The van der Waals surface area contributed by atoms with Crippen LogP contribution >= 0.6 is 0 Å². The molecule has 0 bridgehead atoms. The minimum absolute atomic E-state index is 0.0438. The fourth-order valence-corrected chi connectivity index (χ4v) is 3.64. The van der Waals surface area contributed by atoms with E-state index in [9.17, 15) is 4.79 Å². The Kier molecular flexibility index (Phi) is 4.50. The first-order chi connectivity index (χ1) is 12.2. The van der Waals surface area contributed by atoms with Crippen LogP contribution in [0.1, 0.15) is 35.3 Å². The average molecular weight is 343 g/mol. The number of likely N-dealkylation sites (tertiary alicyclic amines) is 1. The van der Waals surface area contributed by atoms with Gasteiger partial charge in [0.2, 0.25) is 0 Å². The molecular weight excluding hydrogens is 322 g/mol. The number of aromatic nitrogens is 2. The van der Waals surface area contributed by atoms with Crippen molar-refractivity contribution in [2.45, 2.75) is 37.6 Å². The summed E-state index contributed by atoms with van der Waals surface area (Å²) >= 11 is 0. The van der Waals surface area contributed by atoms with Gasteiger partial charge in [0, 0.05) is 25.4 Å². The summed E-state index contributed by atoms with van der Waals surface area (Å²) in [5.41, 5.74) is 1.09. The van der Waals surface area contributed by atoms with Crippen LogP contribution in [0.15, 0.2) is 41.6 Å². The molecule has 25 heavy (non-hydrogen) atoms. The fourth-order valence-electron chi connectivity index (χ4n) is 3.64. The average Bonchev–Trinajstić information content (AvgIpc) is 3.31. The lowest BCUT2D eigenvalue weighted by atomic mass is 9.89. The number of amides is 1. The molecule has 2 aromatic heterocycles. The summed E-state index contributed by atoms with van der Waals surface area (Å²) < 4.78 is 17.0. The van der Waals surface area contributed by atoms with Crippen LogP contribution < -0.4 is 0 Å². The van der Waals surface area contributed by atoms with E-state index in [1.165, 1.54) is 12.7 Å². The molecule has 2 fully saturated rings. The summed E-state index contributed by atoms with van der Waals surface area (Å²) in [5.74, 6) is -0.101. The molecule has 0 unspecified atom stereocenters. The zero-order valence-electron chi connectivity index (χ0n) is 14.0. The van der Waals surface area contributed by atoms with Crippen LogP contribution in [0.2, 0.25) is 0 Å². The van der Waals surface area contributed by atoms with Gasteiger partial charge >= 0.3 is 0 Å². The number of oxazole rings is 1. The number of pyridine rings is 1. The molecule has 0 radical (unpaired) electrons. The molecule has 0 N–H and O–H groups in total. The number of carbonyl (C=O) groups excluding carboxylic acids is 1. The molecule has 2 aliphatic heterocycles. The number of rotatable bonds is 4. The predicted molar refractivity (Wildman–Crippen MR) is 87.8 cm³/mol. The highest BCUT2D eigenvalue weighted by molar-refractivity contribution is 5.92. The number of ether oxygens (including phenoxy) is 2. The minimum Gasteiger partial charge on any atom is -0.451 e. The SMILES string of the molecule is O=C(c1cocn1)N1CCC[C@]2(C[C@@H](OCc3cccnc3)CO2)C1. The van der Waals surface area contributed by atoms with E-state index in [1.807, 2.05) is 23.2 Å². The lowest BCUT2D eigenvalue weighted by molar-refractivity contribution is -0.0467. The van der Waals surface area contributed by atoms with Gasteiger partial charge in [0.1, 0.15) is 6.26 Å². The monoisotopic (exact) mass is 343 g/mol. The Bertz CT molecular complexity index is 706. The topological polar surface area (TPSA) is 77.7 Å². The van der Waals surface area contributed by atoms with Crippen molar-refractivity contribution in [3.8, 4) is 0 Å². The quantitative estimate of drug-likeness (QED) is 0.845. The van der Waals surface area contributed by atoms with Gasteiger partial charge in [-0.15, -0.1) is 0 Å². The number of carbonyl (C=O) groups is 1. The summed E-state index contributed by atoms with van der Waals surface area (Å²) in [7, 11) is 0. The highest BCUT2D eigenvalue weighted by atomic mass is 16.6. The Morgan fingerprint density at radius 3 is 3.24 bits per heavy atom. The maximum atomic E-state index is 12.5. The van der Waals surface area contributed by atoms with Crippen LogP contribution in [-0.4, -0.2) is 52.2 Å². The van der Waals surface area contributed by atoms with E-state index in [0.717, 1.165) is 31.4 Å². The Hall–Kier alpha value is -2.25. The number of nitrogens with zero attached hydrogens (tertiary/aromatic N) is 3. The third-order valence-corrected chi connectivity index (χ3v) is 4.86.